The van der Waals surface area contributed by atoms with Gasteiger partial charge in [-0.2, -0.15) is 0 Å². The van der Waals surface area contributed by atoms with Crippen LogP contribution in [0.25, 0.3) is 0 Å². The lowest BCUT2D eigenvalue weighted by atomic mass is 9.55. The lowest BCUT2D eigenvalue weighted by Gasteiger charge is -2.59. The molecule has 1 saturated carbocycles. The van der Waals surface area contributed by atoms with Crippen molar-refractivity contribution in [3.8, 4) is 23.0 Å². The van der Waals surface area contributed by atoms with Gasteiger partial charge in [0.1, 0.15) is 24.1 Å². The van der Waals surface area contributed by atoms with Crippen molar-refractivity contribution in [2.75, 3.05) is 39.8 Å². The van der Waals surface area contributed by atoms with E-state index in [1.54, 1.807) is 29.2 Å². The number of hydrogen-bond acceptors (Lipinski definition) is 14. The van der Waals surface area contributed by atoms with Gasteiger partial charge in [-0.25, -0.2) is 9.59 Å². The number of carbonyl (C=O) groups is 2. The molecule has 6 unspecified atom stereocenters. The van der Waals surface area contributed by atoms with Crippen molar-refractivity contribution in [1.82, 2.24) is 10.2 Å². The Balaban J connectivity index is 1.27. The van der Waals surface area contributed by atoms with Crippen LogP contribution in [0.15, 0.2) is 90.1 Å². The Morgan fingerprint density at radius 1 is 0.765 bits per heavy atom. The number of nitro groups is 1. The van der Waals surface area contributed by atoms with Crippen LogP contribution in [-0.4, -0.2) is 89.5 Å². The van der Waals surface area contributed by atoms with Crippen LogP contribution in [0.2, 0.25) is 0 Å². The summed E-state index contributed by atoms with van der Waals surface area (Å²) in [6.45, 7) is 9.52. The molecule has 7 rings (SSSR count). The van der Waals surface area contributed by atoms with Gasteiger partial charge in [-0.05, 0) is 110 Å². The number of aliphatic hydroxyl groups excluding tert-OH is 2. The Bertz CT molecular complexity index is 2590. The Morgan fingerprint density at radius 2 is 1.39 bits per heavy atom. The molecule has 6 atom stereocenters. The molecule has 0 bridgehead atoms. The number of nitro benzene ring substituents is 1. The van der Waals surface area contributed by atoms with Crippen molar-refractivity contribution in [3.05, 3.63) is 112 Å². The first-order valence-corrected chi connectivity index (χ1v) is 32.4. The van der Waals surface area contributed by atoms with Gasteiger partial charge in [0.25, 0.3) is 5.69 Å². The number of unbranched alkanes of at least 4 members (excludes halogenated alkanes) is 20. The first kappa shape index (κ1) is 66.4. The molecule has 4 aliphatic rings. The Morgan fingerprint density at radius 3 is 2.05 bits per heavy atom. The molecule has 0 aromatic heterocycles. The molecule has 0 radical (unpaired) electrons. The SMILES string of the molecule is C=CCOC12Oc3ccc(OC(=O)NCCCCCCCCCCCC)cc3C3C(CCCCO)C(CCCCO)C=C(C(=NOCc4ccc([N+](=O)[O-])cc4)CC1N(Cc1ccc4c(c1)OCO4)C(=O)OCCCCCCCCCCCC)C32. The number of allylic oxidation sites excluding steroid dienone is 1. The number of aliphatic hydroxyl groups is 2. The fraction of sp³-hybridized carbons (Fsp3) is 0.632. The maximum Gasteiger partial charge on any atom is 0.412 e. The predicted octanol–water partition coefficient (Wildman–Crippen LogP) is 15.7. The number of non-ortho nitro benzene ring substituents is 1. The number of carbonyl (C=O) groups excluding carboxylic acids is 2. The van der Waals surface area contributed by atoms with Crippen LogP contribution < -0.4 is 24.3 Å². The normalized spacial score (nSPS) is 20.4. The summed E-state index contributed by atoms with van der Waals surface area (Å²) in [6.07, 6.45) is 30.1. The van der Waals surface area contributed by atoms with Gasteiger partial charge >= 0.3 is 12.2 Å². The molecule has 3 aromatic rings. The smallest absolute Gasteiger partial charge is 0.412 e. The topological polar surface area (TPSA) is 210 Å². The number of nitrogens with one attached hydrogen (secondary N) is 1. The first-order chi connectivity index (χ1) is 41.6. The summed E-state index contributed by atoms with van der Waals surface area (Å²) >= 11 is 0. The van der Waals surface area contributed by atoms with E-state index in [1.807, 2.05) is 30.3 Å². The summed E-state index contributed by atoms with van der Waals surface area (Å²) in [6, 6.07) is 16.3. The molecular weight excluding hydrogens is 1080 g/mol. The Labute approximate surface area is 505 Å². The van der Waals surface area contributed by atoms with Crippen LogP contribution in [0.3, 0.4) is 0 Å². The van der Waals surface area contributed by atoms with Gasteiger partial charge in [0.15, 0.2) is 11.5 Å². The van der Waals surface area contributed by atoms with Crippen molar-refractivity contribution in [2.45, 2.75) is 218 Å². The van der Waals surface area contributed by atoms with E-state index in [4.69, 9.17) is 38.4 Å². The van der Waals surface area contributed by atoms with E-state index in [0.29, 0.717) is 72.9 Å². The standard InChI is InChI=1S/C68H98N4O13/c1-4-7-9-11-13-15-17-19-21-25-39-69-66(75)84-55-36-38-60-58(46-55)64-56(30-24-27-41-74)53(29-23-26-40-73)45-57-59(70-83-49-51-31-34-54(35-32-51)72(77)78)47-63(68(85-60,65(57)64)82-42-6-3)71(48-52-33-37-61-62(44-52)81-50-80-61)67(76)79-43-28-22-20-18-16-14-12-10-8-5-2/h6,31-38,44-46,53,56,63-65,73-74H,3-5,7-30,39-43,47-50H2,1-2H3,(H,69,75). The number of rotatable bonds is 41. The highest BCUT2D eigenvalue weighted by Gasteiger charge is 2.66. The zero-order valence-electron chi connectivity index (χ0n) is 51.0. The Hall–Kier alpha value is -6.17. The summed E-state index contributed by atoms with van der Waals surface area (Å²) in [5, 5.41) is 39.8. The van der Waals surface area contributed by atoms with E-state index in [9.17, 15) is 25.1 Å². The van der Waals surface area contributed by atoms with Crippen LogP contribution in [0.5, 0.6) is 23.0 Å². The molecule has 2 heterocycles. The largest absolute Gasteiger partial charge is 0.459 e. The molecule has 3 aromatic carbocycles. The second kappa shape index (κ2) is 36.1. The summed E-state index contributed by atoms with van der Waals surface area (Å²) < 4.78 is 38.8. The van der Waals surface area contributed by atoms with Crippen LogP contribution in [-0.2, 0) is 27.5 Å². The molecule has 0 spiro atoms. The van der Waals surface area contributed by atoms with Gasteiger partial charge < -0.3 is 48.8 Å². The minimum absolute atomic E-state index is 0.00153. The van der Waals surface area contributed by atoms with Crippen molar-refractivity contribution in [1.29, 1.82) is 0 Å². The van der Waals surface area contributed by atoms with E-state index in [0.717, 1.165) is 68.1 Å². The fourth-order valence-electron chi connectivity index (χ4n) is 12.9. The van der Waals surface area contributed by atoms with E-state index in [-0.39, 0.29) is 70.3 Å². The zero-order chi connectivity index (χ0) is 60.1. The number of oxime groups is 1. The number of benzene rings is 3. The third-order valence-corrected chi connectivity index (χ3v) is 17.3. The summed E-state index contributed by atoms with van der Waals surface area (Å²) in [5.41, 5.74) is 3.55. The molecule has 0 saturated heterocycles. The molecular formula is C68H98N4O13. The van der Waals surface area contributed by atoms with E-state index in [2.05, 4.69) is 31.8 Å². The van der Waals surface area contributed by atoms with Crippen LogP contribution >= 0.6 is 0 Å². The molecule has 2 aliphatic heterocycles. The van der Waals surface area contributed by atoms with Gasteiger partial charge in [-0.3, -0.25) is 15.0 Å². The van der Waals surface area contributed by atoms with E-state index >= 15 is 4.79 Å². The zero-order valence-corrected chi connectivity index (χ0v) is 51.0. The predicted molar refractivity (Wildman–Crippen MR) is 330 cm³/mol. The summed E-state index contributed by atoms with van der Waals surface area (Å²) in [4.78, 5) is 48.1. The van der Waals surface area contributed by atoms with E-state index < -0.39 is 40.8 Å². The van der Waals surface area contributed by atoms with Gasteiger partial charge in [-0.15, -0.1) is 6.58 Å². The maximum atomic E-state index is 15.4. The maximum absolute atomic E-state index is 15.4. The molecule has 2 aliphatic carbocycles. The van der Waals surface area contributed by atoms with Crippen molar-refractivity contribution in [3.63, 3.8) is 0 Å². The number of nitrogens with zero attached hydrogens (tertiary/aromatic N) is 3. The highest BCUT2D eigenvalue weighted by Crippen LogP contribution is 2.62. The molecule has 468 valence electrons. The highest BCUT2D eigenvalue weighted by atomic mass is 16.7. The van der Waals surface area contributed by atoms with Crippen molar-refractivity contribution in [2.24, 2.45) is 22.9 Å². The Kier molecular flexibility index (Phi) is 28.2. The van der Waals surface area contributed by atoms with E-state index in [1.165, 1.54) is 95.6 Å². The number of hydrogen-bond donors (Lipinski definition) is 3. The van der Waals surface area contributed by atoms with Gasteiger partial charge in [-0.1, -0.05) is 166 Å². The average molecular weight is 1180 g/mol. The number of amides is 2. The van der Waals surface area contributed by atoms with Crippen LogP contribution in [0.4, 0.5) is 15.3 Å². The van der Waals surface area contributed by atoms with Gasteiger partial charge in [0.05, 0.1) is 29.8 Å². The summed E-state index contributed by atoms with van der Waals surface area (Å²) in [5.74, 6) is -0.823. The first-order valence-electron chi connectivity index (χ1n) is 32.4. The third kappa shape index (κ3) is 19.4. The lowest BCUT2D eigenvalue weighted by molar-refractivity contribution is -0.384. The molecule has 1 fully saturated rings. The highest BCUT2D eigenvalue weighted by molar-refractivity contribution is 6.03. The molecule has 17 nitrogen and oxygen atoms in total. The minimum atomic E-state index is -1.61. The molecule has 85 heavy (non-hydrogen) atoms. The quantitative estimate of drug-likeness (QED) is 0.0209. The van der Waals surface area contributed by atoms with Crippen LogP contribution in [0.1, 0.15) is 210 Å². The monoisotopic (exact) mass is 1180 g/mol. The van der Waals surface area contributed by atoms with Gasteiger partial charge in [0, 0.05) is 56.3 Å². The fourth-order valence-corrected chi connectivity index (χ4v) is 12.9. The molecule has 2 amide bonds. The van der Waals surface area contributed by atoms with Crippen molar-refractivity contribution >= 4 is 23.6 Å². The third-order valence-electron chi connectivity index (χ3n) is 17.3. The van der Waals surface area contributed by atoms with Gasteiger partial charge in [0.2, 0.25) is 12.6 Å². The van der Waals surface area contributed by atoms with Crippen LogP contribution in [0, 0.1) is 27.9 Å². The second-order valence-electron chi connectivity index (χ2n) is 23.6. The molecule has 17 heteroatoms. The summed E-state index contributed by atoms with van der Waals surface area (Å²) in [7, 11) is 0. The average Bonchev–Trinajstić information content (AvgIpc) is 1.44. The number of fused-ring (bicyclic) bond motifs is 3. The molecule has 3 N–H and O–H groups in total. The van der Waals surface area contributed by atoms with Crippen molar-refractivity contribution < 1.29 is 58.0 Å². The number of ether oxygens (including phenoxy) is 6. The second-order valence-corrected chi connectivity index (χ2v) is 23.6. The minimum Gasteiger partial charge on any atom is -0.459 e. The lowest BCUT2D eigenvalue weighted by Crippen LogP contribution is -2.70.